The first-order valence-corrected chi connectivity index (χ1v) is 8.91. The molecule has 6 nitrogen and oxygen atoms in total. The van der Waals surface area contributed by atoms with Crippen LogP contribution in [-0.2, 0) is 11.3 Å². The second-order valence-corrected chi connectivity index (χ2v) is 7.23. The zero-order chi connectivity index (χ0) is 16.6. The third-order valence-electron chi connectivity index (χ3n) is 5.68. The average Bonchev–Trinajstić information content (AvgIpc) is 3.34. The van der Waals surface area contributed by atoms with Crippen molar-refractivity contribution in [3.05, 3.63) is 30.1 Å². The van der Waals surface area contributed by atoms with Crippen molar-refractivity contribution in [2.75, 3.05) is 32.7 Å². The highest BCUT2D eigenvalue weighted by Crippen LogP contribution is 2.41. The molecule has 0 aliphatic carbocycles. The molecule has 24 heavy (non-hydrogen) atoms. The number of urea groups is 1. The summed E-state index contributed by atoms with van der Waals surface area (Å²) < 4.78 is 0. The van der Waals surface area contributed by atoms with Crippen LogP contribution in [-0.4, -0.2) is 64.3 Å². The number of rotatable bonds is 2. The Labute approximate surface area is 142 Å². The number of pyridine rings is 1. The Kier molecular flexibility index (Phi) is 3.90. The van der Waals surface area contributed by atoms with Crippen LogP contribution in [0.25, 0.3) is 0 Å². The van der Waals surface area contributed by atoms with Gasteiger partial charge in [-0.05, 0) is 37.8 Å². The van der Waals surface area contributed by atoms with Gasteiger partial charge in [-0.15, -0.1) is 0 Å². The SMILES string of the molecule is O=C(N1CCCC1)N1CC[C@]2(CCN(Cc3ccccn3)C2=O)C1. The van der Waals surface area contributed by atoms with Crippen molar-refractivity contribution in [3.63, 3.8) is 0 Å². The fourth-order valence-electron chi connectivity index (χ4n) is 4.25. The van der Waals surface area contributed by atoms with E-state index in [4.69, 9.17) is 0 Å². The molecule has 0 N–H and O–H groups in total. The summed E-state index contributed by atoms with van der Waals surface area (Å²) in [6.07, 6.45) is 5.60. The lowest BCUT2D eigenvalue weighted by Gasteiger charge is -2.26. The average molecular weight is 328 g/mol. The van der Waals surface area contributed by atoms with Crippen LogP contribution < -0.4 is 0 Å². The fraction of sp³-hybridized carbons (Fsp3) is 0.611. The van der Waals surface area contributed by atoms with Gasteiger partial charge in [0.15, 0.2) is 0 Å². The number of hydrogen-bond acceptors (Lipinski definition) is 3. The summed E-state index contributed by atoms with van der Waals surface area (Å²) in [6.45, 7) is 4.35. The summed E-state index contributed by atoms with van der Waals surface area (Å²) in [7, 11) is 0. The van der Waals surface area contributed by atoms with E-state index < -0.39 is 0 Å². The first-order valence-electron chi connectivity index (χ1n) is 8.91. The maximum Gasteiger partial charge on any atom is 0.320 e. The molecule has 3 aliphatic rings. The highest BCUT2D eigenvalue weighted by molar-refractivity contribution is 5.87. The number of carbonyl (C=O) groups excluding carboxylic acids is 2. The van der Waals surface area contributed by atoms with E-state index in [1.165, 1.54) is 0 Å². The van der Waals surface area contributed by atoms with Crippen LogP contribution >= 0.6 is 0 Å². The third-order valence-corrected chi connectivity index (χ3v) is 5.68. The van der Waals surface area contributed by atoms with Crippen LogP contribution in [0.4, 0.5) is 4.79 Å². The first kappa shape index (κ1) is 15.4. The van der Waals surface area contributed by atoms with Crippen LogP contribution in [0.1, 0.15) is 31.4 Å². The predicted molar refractivity (Wildman–Crippen MR) is 89.1 cm³/mol. The first-order chi connectivity index (χ1) is 11.7. The van der Waals surface area contributed by atoms with Crippen molar-refractivity contribution in [3.8, 4) is 0 Å². The Morgan fingerprint density at radius 2 is 1.88 bits per heavy atom. The normalized spacial score (nSPS) is 26.8. The molecule has 0 bridgehead atoms. The van der Waals surface area contributed by atoms with Crippen LogP contribution in [0, 0.1) is 5.41 Å². The molecular weight excluding hydrogens is 304 g/mol. The number of amides is 3. The highest BCUT2D eigenvalue weighted by atomic mass is 16.2. The van der Waals surface area contributed by atoms with Crippen molar-refractivity contribution in [1.82, 2.24) is 19.7 Å². The zero-order valence-corrected chi connectivity index (χ0v) is 14.0. The maximum atomic E-state index is 13.0. The predicted octanol–water partition coefficient (Wildman–Crippen LogP) is 1.72. The lowest BCUT2D eigenvalue weighted by Crippen LogP contribution is -2.43. The van der Waals surface area contributed by atoms with E-state index in [1.54, 1.807) is 6.20 Å². The Balaban J connectivity index is 1.41. The molecule has 128 valence electrons. The van der Waals surface area contributed by atoms with Gasteiger partial charge in [0.25, 0.3) is 0 Å². The smallest absolute Gasteiger partial charge is 0.320 e. The van der Waals surface area contributed by atoms with Crippen LogP contribution in [0.15, 0.2) is 24.4 Å². The molecule has 0 saturated carbocycles. The Morgan fingerprint density at radius 1 is 1.08 bits per heavy atom. The molecule has 4 rings (SSSR count). The van der Waals surface area contributed by atoms with Crippen molar-refractivity contribution in [2.45, 2.75) is 32.2 Å². The molecule has 0 radical (unpaired) electrons. The molecule has 1 atom stereocenters. The second-order valence-electron chi connectivity index (χ2n) is 7.23. The standard InChI is InChI=1S/C18H24N4O2/c23-16-18(6-11-21(16)13-15-5-1-2-8-19-15)7-12-22(14-18)17(24)20-9-3-4-10-20/h1-2,5,8H,3-4,6-7,9-14H2/t18-/m1/s1. The van der Waals surface area contributed by atoms with Gasteiger partial charge in [0, 0.05) is 38.9 Å². The quantitative estimate of drug-likeness (QED) is 0.831. The van der Waals surface area contributed by atoms with E-state index in [2.05, 4.69) is 4.98 Å². The Bertz CT molecular complexity index is 629. The molecule has 1 aromatic heterocycles. The molecular formula is C18H24N4O2. The number of aromatic nitrogens is 1. The minimum atomic E-state index is -0.357. The molecule has 4 heterocycles. The van der Waals surface area contributed by atoms with E-state index in [-0.39, 0.29) is 17.4 Å². The summed E-state index contributed by atoms with van der Waals surface area (Å²) in [6, 6.07) is 5.91. The summed E-state index contributed by atoms with van der Waals surface area (Å²) in [5.41, 5.74) is 0.565. The van der Waals surface area contributed by atoms with E-state index in [0.29, 0.717) is 19.6 Å². The van der Waals surface area contributed by atoms with Gasteiger partial charge in [-0.3, -0.25) is 9.78 Å². The minimum absolute atomic E-state index is 0.125. The van der Waals surface area contributed by atoms with Crippen molar-refractivity contribution in [1.29, 1.82) is 0 Å². The molecule has 1 spiro atoms. The van der Waals surface area contributed by atoms with Crippen molar-refractivity contribution < 1.29 is 9.59 Å². The summed E-state index contributed by atoms with van der Waals surface area (Å²) in [5, 5.41) is 0. The number of nitrogens with zero attached hydrogens (tertiary/aromatic N) is 4. The Morgan fingerprint density at radius 3 is 2.62 bits per heavy atom. The summed E-state index contributed by atoms with van der Waals surface area (Å²) >= 11 is 0. The fourth-order valence-corrected chi connectivity index (χ4v) is 4.25. The van der Waals surface area contributed by atoms with Gasteiger partial charge < -0.3 is 14.7 Å². The van der Waals surface area contributed by atoms with E-state index >= 15 is 0 Å². The van der Waals surface area contributed by atoms with Crippen molar-refractivity contribution >= 4 is 11.9 Å². The summed E-state index contributed by atoms with van der Waals surface area (Å²) in [4.78, 5) is 35.6. The monoisotopic (exact) mass is 328 g/mol. The van der Waals surface area contributed by atoms with Gasteiger partial charge in [0.1, 0.15) is 0 Å². The van der Waals surface area contributed by atoms with Crippen molar-refractivity contribution in [2.24, 2.45) is 5.41 Å². The summed E-state index contributed by atoms with van der Waals surface area (Å²) in [5.74, 6) is 0.199. The number of hydrogen-bond donors (Lipinski definition) is 0. The molecule has 0 unspecified atom stereocenters. The zero-order valence-electron chi connectivity index (χ0n) is 14.0. The lowest BCUT2D eigenvalue weighted by atomic mass is 9.85. The molecule has 0 aromatic carbocycles. The molecule has 3 saturated heterocycles. The van der Waals surface area contributed by atoms with Gasteiger partial charge in [0.2, 0.25) is 5.91 Å². The highest BCUT2D eigenvalue weighted by Gasteiger charge is 2.52. The maximum absolute atomic E-state index is 13.0. The van der Waals surface area contributed by atoms with Gasteiger partial charge in [0.05, 0.1) is 17.7 Å². The largest absolute Gasteiger partial charge is 0.336 e. The minimum Gasteiger partial charge on any atom is -0.336 e. The van der Waals surface area contributed by atoms with Gasteiger partial charge in [-0.1, -0.05) is 6.07 Å². The van der Waals surface area contributed by atoms with Crippen LogP contribution in [0.5, 0.6) is 0 Å². The molecule has 1 aromatic rings. The van der Waals surface area contributed by atoms with Crippen LogP contribution in [0.2, 0.25) is 0 Å². The lowest BCUT2D eigenvalue weighted by molar-refractivity contribution is -0.136. The van der Waals surface area contributed by atoms with Crippen LogP contribution in [0.3, 0.4) is 0 Å². The topological polar surface area (TPSA) is 56.8 Å². The third kappa shape index (κ3) is 2.64. The molecule has 3 aliphatic heterocycles. The Hall–Kier alpha value is -2.11. The second kappa shape index (κ2) is 6.07. The van der Waals surface area contributed by atoms with E-state index in [9.17, 15) is 9.59 Å². The number of likely N-dealkylation sites (tertiary alicyclic amines) is 3. The van der Waals surface area contributed by atoms with Gasteiger partial charge >= 0.3 is 6.03 Å². The van der Waals surface area contributed by atoms with E-state index in [1.807, 2.05) is 32.9 Å². The molecule has 3 fully saturated rings. The van der Waals surface area contributed by atoms with Gasteiger partial charge in [-0.25, -0.2) is 4.79 Å². The molecule has 6 heteroatoms. The molecule has 3 amide bonds. The van der Waals surface area contributed by atoms with Gasteiger partial charge in [-0.2, -0.15) is 0 Å². The van der Waals surface area contributed by atoms with E-state index in [0.717, 1.165) is 51.0 Å². The number of carbonyl (C=O) groups is 2.